The molecule has 3 rings (SSSR count). The van der Waals surface area contributed by atoms with Crippen LogP contribution in [0.25, 0.3) is 11.3 Å². The highest BCUT2D eigenvalue weighted by Gasteiger charge is 2.13. The Morgan fingerprint density at radius 3 is 2.48 bits per heavy atom. The normalized spacial score (nSPS) is 12.3. The van der Waals surface area contributed by atoms with E-state index in [2.05, 4.69) is 24.3 Å². The number of hydrogen-bond acceptors (Lipinski definition) is 5. The standard InChI is InChI=1S/C22H26N2O3/c1-16(2)22(14-25)23-13-20-12-21(24-27-20)18-8-10-19(11-9-18)26-15-17-6-4-3-5-7-17/h3-12,16,22-23,25H,13-15H2,1-2H3. The van der Waals surface area contributed by atoms with E-state index in [9.17, 15) is 5.11 Å². The number of nitrogens with zero attached hydrogens (tertiary/aromatic N) is 1. The molecular weight excluding hydrogens is 340 g/mol. The maximum Gasteiger partial charge on any atom is 0.151 e. The second-order valence-corrected chi connectivity index (χ2v) is 6.89. The van der Waals surface area contributed by atoms with E-state index in [4.69, 9.17) is 9.26 Å². The lowest BCUT2D eigenvalue weighted by Gasteiger charge is -2.18. The lowest BCUT2D eigenvalue weighted by Crippen LogP contribution is -2.36. The minimum atomic E-state index is 0.0413. The van der Waals surface area contributed by atoms with Gasteiger partial charge < -0.3 is 19.7 Å². The average Bonchev–Trinajstić information content (AvgIpc) is 3.17. The van der Waals surface area contributed by atoms with Crippen molar-refractivity contribution in [3.63, 3.8) is 0 Å². The number of benzene rings is 2. The van der Waals surface area contributed by atoms with Gasteiger partial charge in [-0.3, -0.25) is 0 Å². The van der Waals surface area contributed by atoms with E-state index in [-0.39, 0.29) is 12.6 Å². The van der Waals surface area contributed by atoms with Gasteiger partial charge in [0.2, 0.25) is 0 Å². The first-order valence-electron chi connectivity index (χ1n) is 9.22. The number of nitrogens with one attached hydrogen (secondary N) is 1. The average molecular weight is 366 g/mol. The van der Waals surface area contributed by atoms with E-state index >= 15 is 0 Å². The molecule has 0 fully saturated rings. The molecule has 0 aliphatic carbocycles. The van der Waals surface area contributed by atoms with E-state index in [1.807, 2.05) is 60.7 Å². The third-order valence-corrected chi connectivity index (χ3v) is 4.50. The lowest BCUT2D eigenvalue weighted by molar-refractivity contribution is 0.206. The van der Waals surface area contributed by atoms with Crippen LogP contribution in [0.2, 0.25) is 0 Å². The van der Waals surface area contributed by atoms with Crippen molar-refractivity contribution in [1.29, 1.82) is 0 Å². The Bertz CT molecular complexity index is 813. The first kappa shape index (κ1) is 19.1. The van der Waals surface area contributed by atoms with Crippen molar-refractivity contribution in [3.05, 3.63) is 72.0 Å². The minimum absolute atomic E-state index is 0.0413. The van der Waals surface area contributed by atoms with Gasteiger partial charge in [0.1, 0.15) is 18.1 Å². The lowest BCUT2D eigenvalue weighted by atomic mass is 10.1. The van der Waals surface area contributed by atoms with Crippen LogP contribution in [0, 0.1) is 5.92 Å². The van der Waals surface area contributed by atoms with Crippen LogP contribution in [0.5, 0.6) is 5.75 Å². The van der Waals surface area contributed by atoms with Crippen LogP contribution in [-0.2, 0) is 13.2 Å². The van der Waals surface area contributed by atoms with Gasteiger partial charge >= 0.3 is 0 Å². The summed E-state index contributed by atoms with van der Waals surface area (Å²) in [6.07, 6.45) is 0. The van der Waals surface area contributed by atoms with Gasteiger partial charge in [-0.2, -0.15) is 0 Å². The van der Waals surface area contributed by atoms with Crippen molar-refractivity contribution in [2.45, 2.75) is 33.0 Å². The molecule has 1 unspecified atom stereocenters. The Hall–Kier alpha value is -2.63. The van der Waals surface area contributed by atoms with Crippen LogP contribution in [0.4, 0.5) is 0 Å². The molecule has 0 aliphatic heterocycles. The molecule has 0 spiro atoms. The third-order valence-electron chi connectivity index (χ3n) is 4.50. The molecule has 5 nitrogen and oxygen atoms in total. The number of aromatic nitrogens is 1. The van der Waals surface area contributed by atoms with Crippen molar-refractivity contribution in [1.82, 2.24) is 10.5 Å². The van der Waals surface area contributed by atoms with E-state index in [0.29, 0.717) is 19.1 Å². The summed E-state index contributed by atoms with van der Waals surface area (Å²) < 4.78 is 11.2. The third kappa shape index (κ3) is 5.42. The second kappa shape index (κ2) is 9.35. The summed E-state index contributed by atoms with van der Waals surface area (Å²) >= 11 is 0. The largest absolute Gasteiger partial charge is 0.489 e. The summed E-state index contributed by atoms with van der Waals surface area (Å²) in [5.41, 5.74) is 2.89. The fourth-order valence-electron chi connectivity index (χ4n) is 2.74. The molecule has 0 bridgehead atoms. The zero-order valence-corrected chi connectivity index (χ0v) is 15.8. The highest BCUT2D eigenvalue weighted by molar-refractivity contribution is 5.59. The molecule has 142 valence electrons. The predicted octanol–water partition coefficient (Wildman–Crippen LogP) is 4.03. The van der Waals surface area contributed by atoms with E-state index in [1.165, 1.54) is 0 Å². The van der Waals surface area contributed by atoms with Gasteiger partial charge in [0.25, 0.3) is 0 Å². The second-order valence-electron chi connectivity index (χ2n) is 6.89. The maximum absolute atomic E-state index is 9.38. The molecule has 0 saturated heterocycles. The van der Waals surface area contributed by atoms with Gasteiger partial charge in [0.15, 0.2) is 5.76 Å². The van der Waals surface area contributed by atoms with E-state index in [0.717, 1.165) is 28.3 Å². The van der Waals surface area contributed by atoms with Gasteiger partial charge in [-0.05, 0) is 35.7 Å². The summed E-state index contributed by atoms with van der Waals surface area (Å²) in [7, 11) is 0. The molecule has 1 atom stereocenters. The van der Waals surface area contributed by atoms with Crippen LogP contribution in [0.1, 0.15) is 25.2 Å². The Labute approximate surface area is 160 Å². The van der Waals surface area contributed by atoms with Crippen LogP contribution in [-0.4, -0.2) is 22.9 Å². The molecule has 1 heterocycles. The summed E-state index contributed by atoms with van der Waals surface area (Å²) in [5, 5.41) is 16.8. The van der Waals surface area contributed by atoms with Crippen molar-refractivity contribution in [2.24, 2.45) is 5.92 Å². The van der Waals surface area contributed by atoms with Gasteiger partial charge in [-0.15, -0.1) is 0 Å². The van der Waals surface area contributed by atoms with Gasteiger partial charge in [-0.25, -0.2) is 0 Å². The number of rotatable bonds is 9. The number of ether oxygens (including phenoxy) is 1. The summed E-state index contributed by atoms with van der Waals surface area (Å²) in [6.45, 7) is 5.32. The quantitative estimate of drug-likeness (QED) is 0.598. The molecular formula is C22H26N2O3. The molecule has 27 heavy (non-hydrogen) atoms. The SMILES string of the molecule is CC(C)C(CO)NCc1cc(-c2ccc(OCc3ccccc3)cc2)no1. The highest BCUT2D eigenvalue weighted by atomic mass is 16.5. The summed E-state index contributed by atoms with van der Waals surface area (Å²) in [6, 6.07) is 19.9. The van der Waals surface area contributed by atoms with Gasteiger partial charge in [0.05, 0.1) is 13.2 Å². The van der Waals surface area contributed by atoms with Crippen LogP contribution in [0.15, 0.2) is 65.2 Å². The Morgan fingerprint density at radius 2 is 1.81 bits per heavy atom. The van der Waals surface area contributed by atoms with Crippen molar-refractivity contribution >= 4 is 0 Å². The van der Waals surface area contributed by atoms with Crippen molar-refractivity contribution < 1.29 is 14.4 Å². The van der Waals surface area contributed by atoms with Gasteiger partial charge in [-0.1, -0.05) is 49.3 Å². The van der Waals surface area contributed by atoms with Crippen molar-refractivity contribution in [2.75, 3.05) is 6.61 Å². The molecule has 0 aliphatic rings. The van der Waals surface area contributed by atoms with E-state index < -0.39 is 0 Å². The maximum atomic E-state index is 9.38. The Balaban J connectivity index is 1.56. The van der Waals surface area contributed by atoms with Crippen molar-refractivity contribution in [3.8, 4) is 17.0 Å². The van der Waals surface area contributed by atoms with Gasteiger partial charge in [0, 0.05) is 17.7 Å². The monoisotopic (exact) mass is 366 g/mol. The molecule has 2 aromatic carbocycles. The fourth-order valence-corrected chi connectivity index (χ4v) is 2.74. The van der Waals surface area contributed by atoms with E-state index in [1.54, 1.807) is 0 Å². The first-order valence-corrected chi connectivity index (χ1v) is 9.22. The number of hydrogen-bond donors (Lipinski definition) is 2. The van der Waals surface area contributed by atoms with Crippen LogP contribution >= 0.6 is 0 Å². The topological polar surface area (TPSA) is 67.5 Å². The first-order chi connectivity index (χ1) is 13.2. The highest BCUT2D eigenvalue weighted by Crippen LogP contribution is 2.23. The number of aliphatic hydroxyl groups is 1. The molecule has 3 aromatic rings. The molecule has 5 heteroatoms. The zero-order valence-electron chi connectivity index (χ0n) is 15.8. The Kier molecular flexibility index (Phi) is 6.63. The van der Waals surface area contributed by atoms with Crippen LogP contribution < -0.4 is 10.1 Å². The molecule has 0 amide bonds. The molecule has 0 saturated carbocycles. The predicted molar refractivity (Wildman–Crippen MR) is 105 cm³/mol. The zero-order chi connectivity index (χ0) is 19.1. The summed E-state index contributed by atoms with van der Waals surface area (Å²) in [5.74, 6) is 1.91. The summed E-state index contributed by atoms with van der Waals surface area (Å²) in [4.78, 5) is 0. The number of aliphatic hydroxyl groups excluding tert-OH is 1. The minimum Gasteiger partial charge on any atom is -0.489 e. The fraction of sp³-hybridized carbons (Fsp3) is 0.318. The Morgan fingerprint density at radius 1 is 1.07 bits per heavy atom. The van der Waals surface area contributed by atoms with Crippen LogP contribution in [0.3, 0.4) is 0 Å². The molecule has 0 radical (unpaired) electrons. The molecule has 2 N–H and O–H groups in total. The molecule has 1 aromatic heterocycles. The smallest absolute Gasteiger partial charge is 0.151 e.